The fourth-order valence-electron chi connectivity index (χ4n) is 1.75. The van der Waals surface area contributed by atoms with E-state index < -0.39 is 5.60 Å². The van der Waals surface area contributed by atoms with Crippen LogP contribution in [0.1, 0.15) is 25.8 Å². The molecule has 0 atom stereocenters. The molecular weight excluding hydrogens is 270 g/mol. The van der Waals surface area contributed by atoms with Crippen molar-refractivity contribution in [3.63, 3.8) is 0 Å². The molecule has 1 rings (SSSR count). The predicted molar refractivity (Wildman–Crippen MR) is 83.0 cm³/mol. The predicted octanol–water partition coefficient (Wildman–Crippen LogP) is 1.97. The summed E-state index contributed by atoms with van der Waals surface area (Å²) in [4.78, 5) is 0. The molecule has 0 radical (unpaired) electrons. The first-order valence-corrected chi connectivity index (χ1v) is 7.18. The van der Waals surface area contributed by atoms with E-state index in [2.05, 4.69) is 5.32 Å². The lowest BCUT2D eigenvalue weighted by Crippen LogP contribution is -2.22. The van der Waals surface area contributed by atoms with E-state index in [0.717, 1.165) is 23.6 Å². The molecule has 0 bridgehead atoms. The molecule has 120 valence electrons. The maximum Gasteiger partial charge on any atom is 0.127 e. The number of benzene rings is 1. The summed E-state index contributed by atoms with van der Waals surface area (Å²) in [5.41, 5.74) is 0.332. The van der Waals surface area contributed by atoms with E-state index >= 15 is 0 Å². The summed E-state index contributed by atoms with van der Waals surface area (Å²) in [5, 5.41) is 13.0. The molecule has 2 N–H and O–H groups in total. The number of ether oxygens (including phenoxy) is 3. The molecule has 0 spiro atoms. The minimum Gasteiger partial charge on any atom is -0.497 e. The Labute approximate surface area is 127 Å². The van der Waals surface area contributed by atoms with Crippen LogP contribution in [0.5, 0.6) is 11.5 Å². The first-order chi connectivity index (χ1) is 9.96. The molecule has 0 amide bonds. The van der Waals surface area contributed by atoms with Gasteiger partial charge < -0.3 is 24.6 Å². The molecule has 1 aromatic carbocycles. The van der Waals surface area contributed by atoms with Crippen molar-refractivity contribution in [2.24, 2.45) is 0 Å². The number of rotatable bonds is 10. The van der Waals surface area contributed by atoms with E-state index in [4.69, 9.17) is 14.2 Å². The van der Waals surface area contributed by atoms with Crippen molar-refractivity contribution in [3.05, 3.63) is 23.8 Å². The van der Waals surface area contributed by atoms with Gasteiger partial charge in [-0.2, -0.15) is 0 Å². The van der Waals surface area contributed by atoms with Crippen LogP contribution in [0.4, 0.5) is 0 Å². The van der Waals surface area contributed by atoms with Gasteiger partial charge >= 0.3 is 0 Å². The second-order valence-electron chi connectivity index (χ2n) is 5.55. The second-order valence-corrected chi connectivity index (χ2v) is 5.55. The van der Waals surface area contributed by atoms with Gasteiger partial charge in [-0.1, -0.05) is 6.07 Å². The molecular formula is C16H27NO4. The van der Waals surface area contributed by atoms with Crippen molar-refractivity contribution in [3.8, 4) is 11.5 Å². The number of aliphatic hydroxyl groups is 1. The van der Waals surface area contributed by atoms with Gasteiger partial charge in [0, 0.05) is 38.2 Å². The molecule has 0 unspecified atom stereocenters. The molecule has 21 heavy (non-hydrogen) atoms. The maximum absolute atomic E-state index is 9.74. The zero-order valence-electron chi connectivity index (χ0n) is 13.4. The van der Waals surface area contributed by atoms with Gasteiger partial charge in [0.15, 0.2) is 0 Å². The van der Waals surface area contributed by atoms with Gasteiger partial charge in [0.2, 0.25) is 0 Å². The fraction of sp³-hybridized carbons (Fsp3) is 0.625. The van der Waals surface area contributed by atoms with E-state index in [-0.39, 0.29) is 0 Å². The molecule has 5 nitrogen and oxygen atoms in total. The van der Waals surface area contributed by atoms with Gasteiger partial charge in [0.1, 0.15) is 11.5 Å². The second kappa shape index (κ2) is 8.87. The summed E-state index contributed by atoms with van der Waals surface area (Å²) in [5.74, 6) is 1.54. The lowest BCUT2D eigenvalue weighted by molar-refractivity contribution is 0.0551. The van der Waals surface area contributed by atoms with Gasteiger partial charge in [-0.05, 0) is 19.9 Å². The standard InChI is InChI=1S/C16H27NO4/c1-16(2,18)7-9-21-15-11-14(20-4)6-5-13(15)12-17-8-10-19-3/h5-6,11,17-18H,7-10,12H2,1-4H3. The number of methoxy groups -OCH3 is 2. The summed E-state index contributed by atoms with van der Waals surface area (Å²) in [6.07, 6.45) is 0.570. The molecule has 0 aliphatic rings. The SMILES string of the molecule is COCCNCc1ccc(OC)cc1OCCC(C)(C)O. The van der Waals surface area contributed by atoms with Crippen LogP contribution < -0.4 is 14.8 Å². The van der Waals surface area contributed by atoms with Crippen LogP contribution in [0, 0.1) is 0 Å². The topological polar surface area (TPSA) is 60.0 Å². The Kier molecular flexibility index (Phi) is 7.50. The van der Waals surface area contributed by atoms with Crippen LogP contribution in [0.25, 0.3) is 0 Å². The zero-order chi connectivity index (χ0) is 15.7. The van der Waals surface area contributed by atoms with Gasteiger partial charge in [-0.3, -0.25) is 0 Å². The Morgan fingerprint density at radius 3 is 2.57 bits per heavy atom. The van der Waals surface area contributed by atoms with Gasteiger partial charge in [-0.25, -0.2) is 0 Å². The molecule has 5 heteroatoms. The van der Waals surface area contributed by atoms with E-state index in [0.29, 0.717) is 26.2 Å². The fourth-order valence-corrected chi connectivity index (χ4v) is 1.75. The number of hydrogen-bond acceptors (Lipinski definition) is 5. The molecule has 0 aliphatic carbocycles. The Morgan fingerprint density at radius 2 is 1.95 bits per heavy atom. The van der Waals surface area contributed by atoms with Crippen molar-refractivity contribution < 1.29 is 19.3 Å². The monoisotopic (exact) mass is 297 g/mol. The first-order valence-electron chi connectivity index (χ1n) is 7.18. The average Bonchev–Trinajstić information content (AvgIpc) is 2.43. The van der Waals surface area contributed by atoms with Gasteiger partial charge in [0.05, 0.1) is 25.9 Å². The summed E-state index contributed by atoms with van der Waals surface area (Å²) in [6, 6.07) is 5.77. The highest BCUT2D eigenvalue weighted by Gasteiger charge is 2.13. The molecule has 0 aromatic heterocycles. The first kappa shape index (κ1) is 17.8. The maximum atomic E-state index is 9.74. The average molecular weight is 297 g/mol. The smallest absolute Gasteiger partial charge is 0.127 e. The van der Waals surface area contributed by atoms with Crippen LogP contribution >= 0.6 is 0 Å². The molecule has 1 aromatic rings. The summed E-state index contributed by atoms with van der Waals surface area (Å²) in [7, 11) is 3.31. The highest BCUT2D eigenvalue weighted by molar-refractivity contribution is 5.40. The lowest BCUT2D eigenvalue weighted by atomic mass is 10.1. The van der Waals surface area contributed by atoms with Gasteiger partial charge in [0.25, 0.3) is 0 Å². The molecule has 0 saturated heterocycles. The highest BCUT2D eigenvalue weighted by Crippen LogP contribution is 2.25. The van der Waals surface area contributed by atoms with Crippen LogP contribution in [-0.2, 0) is 11.3 Å². The minimum atomic E-state index is -0.726. The van der Waals surface area contributed by atoms with E-state index in [1.54, 1.807) is 28.1 Å². The normalized spacial score (nSPS) is 11.5. The molecule has 0 heterocycles. The highest BCUT2D eigenvalue weighted by atomic mass is 16.5. The quantitative estimate of drug-likeness (QED) is 0.647. The van der Waals surface area contributed by atoms with Crippen LogP contribution in [0.2, 0.25) is 0 Å². The third-order valence-corrected chi connectivity index (χ3v) is 3.04. The van der Waals surface area contributed by atoms with Crippen molar-refractivity contribution in [2.75, 3.05) is 34.0 Å². The van der Waals surface area contributed by atoms with Gasteiger partial charge in [-0.15, -0.1) is 0 Å². The Hall–Kier alpha value is -1.30. The summed E-state index contributed by atoms with van der Waals surface area (Å²) < 4.78 is 16.0. The third kappa shape index (κ3) is 7.32. The molecule has 0 aliphatic heterocycles. The van der Waals surface area contributed by atoms with E-state index in [1.807, 2.05) is 18.2 Å². The molecule has 0 fully saturated rings. The summed E-state index contributed by atoms with van der Waals surface area (Å²) >= 11 is 0. The summed E-state index contributed by atoms with van der Waals surface area (Å²) in [6.45, 7) is 6.16. The van der Waals surface area contributed by atoms with Crippen molar-refractivity contribution >= 4 is 0 Å². The van der Waals surface area contributed by atoms with Crippen LogP contribution in [0.15, 0.2) is 18.2 Å². The number of hydrogen-bond donors (Lipinski definition) is 2. The third-order valence-electron chi connectivity index (χ3n) is 3.04. The Balaban J connectivity index is 2.63. The Bertz CT molecular complexity index is 415. The minimum absolute atomic E-state index is 0.460. The number of nitrogens with one attached hydrogen (secondary N) is 1. The van der Waals surface area contributed by atoms with Crippen molar-refractivity contribution in [1.29, 1.82) is 0 Å². The Morgan fingerprint density at radius 1 is 1.19 bits per heavy atom. The lowest BCUT2D eigenvalue weighted by Gasteiger charge is -2.19. The van der Waals surface area contributed by atoms with Crippen molar-refractivity contribution in [1.82, 2.24) is 5.32 Å². The van der Waals surface area contributed by atoms with Crippen LogP contribution in [-0.4, -0.2) is 44.7 Å². The van der Waals surface area contributed by atoms with Crippen molar-refractivity contribution in [2.45, 2.75) is 32.4 Å². The largest absolute Gasteiger partial charge is 0.497 e. The zero-order valence-corrected chi connectivity index (χ0v) is 13.4. The molecule has 0 saturated carbocycles. The van der Waals surface area contributed by atoms with E-state index in [1.165, 1.54) is 0 Å². The van der Waals surface area contributed by atoms with Crippen LogP contribution in [0.3, 0.4) is 0 Å². The van der Waals surface area contributed by atoms with E-state index in [9.17, 15) is 5.11 Å².